The minimum atomic E-state index is -3.84. The molecule has 0 bridgehead atoms. The first kappa shape index (κ1) is 14.1. The van der Waals surface area contributed by atoms with E-state index in [2.05, 4.69) is 9.32 Å². The SMILES string of the molecule is Cc1cccc(COS(N)(=O)=O)c1.[H-].[Na+]. The van der Waals surface area contributed by atoms with Crippen molar-refractivity contribution in [3.05, 3.63) is 35.4 Å². The maximum Gasteiger partial charge on any atom is 1.00 e. The van der Waals surface area contributed by atoms with Crippen LogP contribution in [-0.2, 0) is 21.1 Å². The molecular formula is C8H12NNaO3S. The van der Waals surface area contributed by atoms with Crippen LogP contribution in [0.15, 0.2) is 24.3 Å². The van der Waals surface area contributed by atoms with Gasteiger partial charge >= 0.3 is 39.9 Å². The van der Waals surface area contributed by atoms with Crippen LogP contribution in [0.2, 0.25) is 0 Å². The van der Waals surface area contributed by atoms with Crippen LogP contribution >= 0.6 is 0 Å². The summed E-state index contributed by atoms with van der Waals surface area (Å²) >= 11 is 0. The maximum atomic E-state index is 10.4. The average molecular weight is 225 g/mol. The van der Waals surface area contributed by atoms with E-state index in [9.17, 15) is 8.42 Å². The molecule has 1 aromatic carbocycles. The van der Waals surface area contributed by atoms with E-state index in [-0.39, 0.29) is 37.6 Å². The van der Waals surface area contributed by atoms with Gasteiger partial charge in [-0.25, -0.2) is 5.14 Å². The molecule has 0 aromatic heterocycles. The van der Waals surface area contributed by atoms with Crippen molar-refractivity contribution in [3.63, 3.8) is 0 Å². The van der Waals surface area contributed by atoms with Crippen molar-refractivity contribution in [2.75, 3.05) is 0 Å². The van der Waals surface area contributed by atoms with Crippen LogP contribution < -0.4 is 34.7 Å². The first-order chi connectivity index (χ1) is 5.97. The largest absolute Gasteiger partial charge is 1.00 e. The molecule has 1 aromatic rings. The quantitative estimate of drug-likeness (QED) is 0.595. The summed E-state index contributed by atoms with van der Waals surface area (Å²) in [6.45, 7) is 1.90. The van der Waals surface area contributed by atoms with Crippen molar-refractivity contribution in [2.24, 2.45) is 5.14 Å². The van der Waals surface area contributed by atoms with Crippen LogP contribution in [0.5, 0.6) is 0 Å². The van der Waals surface area contributed by atoms with Gasteiger partial charge in [0.2, 0.25) is 0 Å². The summed E-state index contributed by atoms with van der Waals surface area (Å²) in [5.41, 5.74) is 1.84. The van der Waals surface area contributed by atoms with E-state index in [0.29, 0.717) is 0 Å². The third-order valence-electron chi connectivity index (χ3n) is 1.47. The Morgan fingerprint density at radius 1 is 1.50 bits per heavy atom. The first-order valence-electron chi connectivity index (χ1n) is 3.70. The van der Waals surface area contributed by atoms with Gasteiger partial charge in [-0.15, -0.1) is 0 Å². The molecular weight excluding hydrogens is 213 g/mol. The molecule has 0 radical (unpaired) electrons. The summed E-state index contributed by atoms with van der Waals surface area (Å²) in [6.07, 6.45) is 0. The van der Waals surface area contributed by atoms with E-state index in [1.54, 1.807) is 6.07 Å². The molecule has 0 saturated carbocycles. The number of rotatable bonds is 3. The maximum absolute atomic E-state index is 10.4. The third-order valence-corrected chi connectivity index (χ3v) is 1.92. The topological polar surface area (TPSA) is 69.4 Å². The normalized spacial score (nSPS) is 10.7. The van der Waals surface area contributed by atoms with E-state index in [1.807, 2.05) is 25.1 Å². The summed E-state index contributed by atoms with van der Waals surface area (Å²) in [5.74, 6) is 0. The van der Waals surface area contributed by atoms with Crippen molar-refractivity contribution in [3.8, 4) is 0 Å². The Hall–Kier alpha value is 0.0900. The van der Waals surface area contributed by atoms with Crippen molar-refractivity contribution < 1.29 is 43.6 Å². The molecule has 0 aliphatic carbocycles. The fraction of sp³-hybridized carbons (Fsp3) is 0.250. The monoisotopic (exact) mass is 225 g/mol. The minimum Gasteiger partial charge on any atom is -1.00 e. The molecule has 0 saturated heterocycles. The number of hydrogen-bond donors (Lipinski definition) is 1. The second-order valence-corrected chi connectivity index (χ2v) is 3.97. The zero-order chi connectivity index (χ0) is 9.90. The van der Waals surface area contributed by atoms with Crippen LogP contribution in [0.4, 0.5) is 0 Å². The predicted octanol–water partition coefficient (Wildman–Crippen LogP) is -2.17. The second-order valence-electron chi connectivity index (χ2n) is 2.74. The Kier molecular flexibility index (Phi) is 5.88. The molecule has 4 nitrogen and oxygen atoms in total. The summed E-state index contributed by atoms with van der Waals surface area (Å²) in [6, 6.07) is 7.36. The van der Waals surface area contributed by atoms with Crippen LogP contribution in [0.1, 0.15) is 12.6 Å². The number of aryl methyl sites for hydroxylation is 1. The molecule has 0 fully saturated rings. The fourth-order valence-corrected chi connectivity index (χ4v) is 1.25. The molecule has 0 amide bonds. The molecule has 0 unspecified atom stereocenters. The van der Waals surface area contributed by atoms with Crippen molar-refractivity contribution in [1.82, 2.24) is 0 Å². The zero-order valence-electron chi connectivity index (χ0n) is 9.23. The van der Waals surface area contributed by atoms with Crippen LogP contribution in [0.25, 0.3) is 0 Å². The van der Waals surface area contributed by atoms with E-state index in [0.717, 1.165) is 11.1 Å². The molecule has 0 aliphatic heterocycles. The first-order valence-corrected chi connectivity index (χ1v) is 5.17. The zero-order valence-corrected chi connectivity index (χ0v) is 11.0. The van der Waals surface area contributed by atoms with Crippen molar-refractivity contribution >= 4 is 10.3 Å². The molecule has 0 heterocycles. The van der Waals surface area contributed by atoms with Gasteiger partial charge in [-0.1, -0.05) is 29.8 Å². The van der Waals surface area contributed by atoms with E-state index in [1.165, 1.54) is 0 Å². The van der Waals surface area contributed by atoms with Gasteiger partial charge in [0.15, 0.2) is 0 Å². The summed E-state index contributed by atoms with van der Waals surface area (Å²) in [7, 11) is -3.84. The molecule has 74 valence electrons. The fourth-order valence-electron chi connectivity index (χ4n) is 0.952. The predicted molar refractivity (Wildman–Crippen MR) is 50.2 cm³/mol. The summed E-state index contributed by atoms with van der Waals surface area (Å²) in [5, 5.41) is 4.67. The van der Waals surface area contributed by atoms with Gasteiger partial charge in [-0.05, 0) is 12.5 Å². The molecule has 6 heteroatoms. The summed E-state index contributed by atoms with van der Waals surface area (Å²) in [4.78, 5) is 0. The standard InChI is InChI=1S/C8H11NO3S.Na.H/c1-7-3-2-4-8(5-7)6-12-13(9,10)11;;/h2-5H,6H2,1H3,(H2,9,10,11);;/q;+1;-1. The third kappa shape index (κ3) is 5.74. The molecule has 0 aliphatic rings. The van der Waals surface area contributed by atoms with Crippen LogP contribution in [0, 0.1) is 6.92 Å². The molecule has 14 heavy (non-hydrogen) atoms. The van der Waals surface area contributed by atoms with Crippen molar-refractivity contribution in [2.45, 2.75) is 13.5 Å². The number of hydrogen-bond acceptors (Lipinski definition) is 3. The summed E-state index contributed by atoms with van der Waals surface area (Å²) < 4.78 is 25.3. The number of nitrogens with two attached hydrogens (primary N) is 1. The van der Waals surface area contributed by atoms with E-state index < -0.39 is 10.3 Å². The Balaban J connectivity index is 0. The van der Waals surface area contributed by atoms with Gasteiger partial charge in [0.1, 0.15) is 0 Å². The number of benzene rings is 1. The smallest absolute Gasteiger partial charge is 1.00 e. The van der Waals surface area contributed by atoms with Crippen LogP contribution in [-0.4, -0.2) is 8.42 Å². The minimum absolute atomic E-state index is 0. The Morgan fingerprint density at radius 2 is 2.14 bits per heavy atom. The van der Waals surface area contributed by atoms with Gasteiger partial charge in [0, 0.05) is 0 Å². The van der Waals surface area contributed by atoms with Gasteiger partial charge in [-0.3, -0.25) is 4.18 Å². The van der Waals surface area contributed by atoms with Gasteiger partial charge in [0.25, 0.3) is 0 Å². The van der Waals surface area contributed by atoms with Gasteiger partial charge in [0.05, 0.1) is 6.61 Å². The van der Waals surface area contributed by atoms with Crippen LogP contribution in [0.3, 0.4) is 0 Å². The second kappa shape index (κ2) is 5.85. The van der Waals surface area contributed by atoms with E-state index in [4.69, 9.17) is 0 Å². The Morgan fingerprint density at radius 3 is 2.64 bits per heavy atom. The Labute approximate surface area is 107 Å². The van der Waals surface area contributed by atoms with Crippen molar-refractivity contribution in [1.29, 1.82) is 0 Å². The van der Waals surface area contributed by atoms with Gasteiger partial charge in [-0.2, -0.15) is 8.42 Å². The molecule has 0 atom stereocenters. The Bertz CT molecular complexity index is 397. The molecule has 2 N–H and O–H groups in total. The molecule has 1 rings (SSSR count). The molecule has 0 spiro atoms. The van der Waals surface area contributed by atoms with Gasteiger partial charge < -0.3 is 1.43 Å². The van der Waals surface area contributed by atoms with E-state index >= 15 is 0 Å². The average Bonchev–Trinajstić information content (AvgIpc) is 2.00.